The van der Waals surface area contributed by atoms with E-state index in [9.17, 15) is 0 Å². The van der Waals surface area contributed by atoms with Crippen LogP contribution in [-0.4, -0.2) is 18.1 Å². The SMILES string of the molecule is CN=C1NSN=C(Cl)C1=C(C#N)C#N. The van der Waals surface area contributed by atoms with Gasteiger partial charge in [0.1, 0.15) is 23.5 Å². The van der Waals surface area contributed by atoms with Crippen LogP contribution in [0.1, 0.15) is 0 Å². The maximum atomic E-state index is 8.68. The first kappa shape index (κ1) is 10.6. The molecule has 0 bridgehead atoms. The molecule has 5 nitrogen and oxygen atoms in total. The van der Waals surface area contributed by atoms with E-state index in [2.05, 4.69) is 14.1 Å². The summed E-state index contributed by atoms with van der Waals surface area (Å²) in [4.78, 5) is 3.86. The van der Waals surface area contributed by atoms with E-state index in [4.69, 9.17) is 22.1 Å². The highest BCUT2D eigenvalue weighted by atomic mass is 35.5. The third-order valence-corrected chi connectivity index (χ3v) is 2.34. The highest BCUT2D eigenvalue weighted by molar-refractivity contribution is 7.97. The minimum Gasteiger partial charge on any atom is -0.295 e. The molecule has 1 aliphatic heterocycles. The summed E-state index contributed by atoms with van der Waals surface area (Å²) in [7, 11) is 1.53. The van der Waals surface area contributed by atoms with E-state index in [1.54, 1.807) is 12.1 Å². The van der Waals surface area contributed by atoms with Crippen LogP contribution in [0.5, 0.6) is 0 Å². The van der Waals surface area contributed by atoms with Gasteiger partial charge in [-0.2, -0.15) is 14.9 Å². The Bertz CT molecular complexity index is 406. The van der Waals surface area contributed by atoms with E-state index in [0.29, 0.717) is 5.84 Å². The normalized spacial score (nSPS) is 17.9. The topological polar surface area (TPSA) is 84.3 Å². The zero-order valence-electron chi connectivity index (χ0n) is 7.08. The highest BCUT2D eigenvalue weighted by Gasteiger charge is 2.21. The van der Waals surface area contributed by atoms with Crippen molar-refractivity contribution in [1.82, 2.24) is 4.72 Å². The molecule has 0 amide bonds. The van der Waals surface area contributed by atoms with Crippen LogP contribution < -0.4 is 4.72 Å². The van der Waals surface area contributed by atoms with Gasteiger partial charge in [-0.05, 0) is 0 Å². The molecule has 14 heavy (non-hydrogen) atoms. The smallest absolute Gasteiger partial charge is 0.152 e. The van der Waals surface area contributed by atoms with Crippen LogP contribution in [0.15, 0.2) is 20.5 Å². The predicted molar refractivity (Wildman–Crippen MR) is 55.6 cm³/mol. The molecule has 1 rings (SSSR count). The lowest BCUT2D eigenvalue weighted by Crippen LogP contribution is -2.26. The first-order valence-electron chi connectivity index (χ1n) is 3.42. The summed E-state index contributed by atoms with van der Waals surface area (Å²) in [5.41, 5.74) is 0.144. The van der Waals surface area contributed by atoms with Gasteiger partial charge in [0.2, 0.25) is 0 Å². The molecule has 1 heterocycles. The number of hydrogen-bond acceptors (Lipinski definition) is 5. The number of nitrogens with one attached hydrogen (secondary N) is 1. The summed E-state index contributed by atoms with van der Waals surface area (Å²) in [5.74, 6) is 0.383. The van der Waals surface area contributed by atoms with Crippen molar-refractivity contribution in [2.75, 3.05) is 7.05 Å². The average molecular weight is 226 g/mol. The lowest BCUT2D eigenvalue weighted by molar-refractivity contribution is 1.33. The molecule has 0 spiro atoms. The van der Waals surface area contributed by atoms with Gasteiger partial charge in [-0.1, -0.05) is 11.6 Å². The summed E-state index contributed by atoms with van der Waals surface area (Å²) >= 11 is 6.76. The van der Waals surface area contributed by atoms with Gasteiger partial charge in [0.25, 0.3) is 0 Å². The number of allylic oxidation sites excluding steroid dienone is 1. The molecule has 1 aliphatic rings. The van der Waals surface area contributed by atoms with Gasteiger partial charge in [0.15, 0.2) is 5.17 Å². The first-order chi connectivity index (χ1) is 6.74. The summed E-state index contributed by atoms with van der Waals surface area (Å²) in [6, 6.07) is 3.48. The second-order valence-corrected chi connectivity index (χ2v) is 3.05. The van der Waals surface area contributed by atoms with Crippen LogP contribution in [-0.2, 0) is 0 Å². The minimum atomic E-state index is -0.104. The van der Waals surface area contributed by atoms with E-state index in [1.165, 1.54) is 7.05 Å². The van der Waals surface area contributed by atoms with Gasteiger partial charge in [-0.15, -0.1) is 0 Å². The fourth-order valence-corrected chi connectivity index (χ4v) is 1.60. The molecule has 0 fully saturated rings. The number of nitriles is 2. The Morgan fingerprint density at radius 1 is 1.57 bits per heavy atom. The molecule has 0 saturated heterocycles. The van der Waals surface area contributed by atoms with Crippen LogP contribution >= 0.6 is 23.7 Å². The lowest BCUT2D eigenvalue weighted by Gasteiger charge is -2.13. The quantitative estimate of drug-likeness (QED) is 0.495. The molecule has 0 aliphatic carbocycles. The fourth-order valence-electron chi connectivity index (χ4n) is 0.816. The molecule has 0 aromatic rings. The Kier molecular flexibility index (Phi) is 3.52. The van der Waals surface area contributed by atoms with Crippen LogP contribution in [0.4, 0.5) is 0 Å². The number of nitrogens with zero attached hydrogens (tertiary/aromatic N) is 4. The van der Waals surface area contributed by atoms with Crippen molar-refractivity contribution < 1.29 is 0 Å². The molecule has 0 aromatic heterocycles. The molecule has 0 saturated carbocycles. The van der Waals surface area contributed by atoms with Gasteiger partial charge in [-0.25, -0.2) is 0 Å². The van der Waals surface area contributed by atoms with E-state index >= 15 is 0 Å². The molecular weight excluding hydrogens is 222 g/mol. The molecule has 0 unspecified atom stereocenters. The third-order valence-electron chi connectivity index (χ3n) is 1.41. The van der Waals surface area contributed by atoms with Crippen molar-refractivity contribution >= 4 is 34.7 Å². The maximum Gasteiger partial charge on any atom is 0.152 e. The Morgan fingerprint density at radius 3 is 2.71 bits per heavy atom. The predicted octanol–water partition coefficient (Wildman–Crippen LogP) is 1.16. The van der Waals surface area contributed by atoms with Crippen molar-refractivity contribution in [3.8, 4) is 12.1 Å². The molecule has 0 radical (unpaired) electrons. The maximum absolute atomic E-state index is 8.68. The number of amidine groups is 1. The second kappa shape index (κ2) is 4.66. The lowest BCUT2D eigenvalue weighted by atomic mass is 10.1. The zero-order chi connectivity index (χ0) is 10.6. The minimum absolute atomic E-state index is 0.104. The molecular formula is C7H4ClN5S. The largest absolute Gasteiger partial charge is 0.295 e. The number of hydrogen-bond donors (Lipinski definition) is 1. The number of rotatable bonds is 0. The molecule has 7 heteroatoms. The van der Waals surface area contributed by atoms with Crippen molar-refractivity contribution in [3.63, 3.8) is 0 Å². The van der Waals surface area contributed by atoms with E-state index < -0.39 is 0 Å². The Morgan fingerprint density at radius 2 is 2.21 bits per heavy atom. The summed E-state index contributed by atoms with van der Waals surface area (Å²) in [6.45, 7) is 0. The molecule has 0 atom stereocenters. The van der Waals surface area contributed by atoms with Crippen LogP contribution in [0.3, 0.4) is 0 Å². The van der Waals surface area contributed by atoms with Crippen LogP contribution in [0.2, 0.25) is 0 Å². The first-order valence-corrected chi connectivity index (χ1v) is 4.57. The number of halogens is 1. The van der Waals surface area contributed by atoms with Crippen molar-refractivity contribution in [2.24, 2.45) is 9.39 Å². The van der Waals surface area contributed by atoms with Crippen LogP contribution in [0, 0.1) is 22.7 Å². The standard InChI is InChI=1S/C7H4ClN5S/c1-11-7-5(4(2-9)3-10)6(8)12-14-13-7/h1H3,(H,11,13). The number of aliphatic imine (C=N–C) groups is 1. The fraction of sp³-hybridized carbons (Fsp3) is 0.143. The van der Waals surface area contributed by atoms with E-state index in [1.807, 2.05) is 0 Å². The molecule has 0 aromatic carbocycles. The Hall–Kier alpha value is -1.50. The zero-order valence-corrected chi connectivity index (χ0v) is 8.65. The van der Waals surface area contributed by atoms with E-state index in [0.717, 1.165) is 12.1 Å². The summed E-state index contributed by atoms with van der Waals surface area (Å²) in [5, 5.41) is 17.5. The average Bonchev–Trinajstić information content (AvgIpc) is 2.22. The molecule has 70 valence electrons. The Labute approximate surface area is 90.1 Å². The Balaban J connectivity index is 3.37. The summed E-state index contributed by atoms with van der Waals surface area (Å²) < 4.78 is 6.51. The second-order valence-electron chi connectivity index (χ2n) is 2.12. The van der Waals surface area contributed by atoms with Gasteiger partial charge in [-0.3, -0.25) is 9.71 Å². The van der Waals surface area contributed by atoms with Crippen molar-refractivity contribution in [3.05, 3.63) is 11.1 Å². The van der Waals surface area contributed by atoms with Crippen molar-refractivity contribution in [1.29, 1.82) is 10.5 Å². The highest BCUT2D eigenvalue weighted by Crippen LogP contribution is 2.19. The van der Waals surface area contributed by atoms with Gasteiger partial charge in [0.05, 0.1) is 17.7 Å². The van der Waals surface area contributed by atoms with Gasteiger partial charge < -0.3 is 0 Å². The molecule has 1 N–H and O–H groups in total. The third kappa shape index (κ3) is 1.87. The monoisotopic (exact) mass is 225 g/mol. The van der Waals surface area contributed by atoms with Gasteiger partial charge in [0, 0.05) is 7.05 Å². The van der Waals surface area contributed by atoms with Gasteiger partial charge >= 0.3 is 0 Å². The van der Waals surface area contributed by atoms with E-state index in [-0.39, 0.29) is 16.3 Å². The van der Waals surface area contributed by atoms with Crippen molar-refractivity contribution in [2.45, 2.75) is 0 Å². The van der Waals surface area contributed by atoms with Crippen LogP contribution in [0.25, 0.3) is 0 Å². The summed E-state index contributed by atoms with van der Waals surface area (Å²) in [6.07, 6.45) is 0.